The molecule has 0 radical (unpaired) electrons. The Balaban J connectivity index is 1.49. The highest BCUT2D eigenvalue weighted by Gasteiger charge is 2.31. The monoisotopic (exact) mass is 319 g/mol. The van der Waals surface area contributed by atoms with Crippen LogP contribution in [0.3, 0.4) is 0 Å². The molecule has 0 unspecified atom stereocenters. The second-order valence-corrected chi connectivity index (χ2v) is 5.72. The van der Waals surface area contributed by atoms with Crippen molar-refractivity contribution in [2.75, 3.05) is 13.1 Å². The van der Waals surface area contributed by atoms with Gasteiger partial charge in [-0.05, 0) is 35.9 Å². The summed E-state index contributed by atoms with van der Waals surface area (Å²) in [4.78, 5) is 13.9. The fourth-order valence-electron chi connectivity index (χ4n) is 2.35. The number of hydrogen-bond donors (Lipinski definition) is 0. The Morgan fingerprint density at radius 1 is 1.23 bits per heavy atom. The summed E-state index contributed by atoms with van der Waals surface area (Å²) in [5.41, 5.74) is 1.37. The van der Waals surface area contributed by atoms with Crippen molar-refractivity contribution in [3.8, 4) is 0 Å². The Labute approximate surface area is 133 Å². The Kier molecular flexibility index (Phi) is 4.41. The Bertz CT molecular complexity index is 686. The zero-order valence-electron chi connectivity index (χ0n) is 11.8. The van der Waals surface area contributed by atoms with Gasteiger partial charge in [-0.15, -0.1) is 0 Å². The molecule has 0 spiro atoms. The van der Waals surface area contributed by atoms with Crippen molar-refractivity contribution in [3.63, 3.8) is 0 Å². The van der Waals surface area contributed by atoms with Gasteiger partial charge >= 0.3 is 0 Å². The van der Waals surface area contributed by atoms with Gasteiger partial charge < -0.3 is 9.64 Å². The van der Waals surface area contributed by atoms with Crippen molar-refractivity contribution >= 4 is 17.5 Å². The first-order valence-electron chi connectivity index (χ1n) is 7.03. The molecule has 0 saturated carbocycles. The van der Waals surface area contributed by atoms with Crippen molar-refractivity contribution in [1.29, 1.82) is 0 Å². The van der Waals surface area contributed by atoms with E-state index >= 15 is 0 Å². The highest BCUT2D eigenvalue weighted by molar-refractivity contribution is 6.30. The van der Waals surface area contributed by atoms with Crippen LogP contribution < -0.4 is 0 Å². The number of benzene rings is 2. The van der Waals surface area contributed by atoms with Gasteiger partial charge in [-0.1, -0.05) is 29.8 Å². The third-order valence-corrected chi connectivity index (χ3v) is 3.82. The number of amides is 1. The van der Waals surface area contributed by atoms with Gasteiger partial charge in [-0.3, -0.25) is 4.79 Å². The lowest BCUT2D eigenvalue weighted by Crippen LogP contribution is -2.54. The molecule has 5 heteroatoms. The highest BCUT2D eigenvalue weighted by Crippen LogP contribution is 2.19. The first-order valence-corrected chi connectivity index (χ1v) is 7.40. The second kappa shape index (κ2) is 6.46. The van der Waals surface area contributed by atoms with E-state index in [0.29, 0.717) is 30.3 Å². The molecule has 2 aromatic carbocycles. The van der Waals surface area contributed by atoms with E-state index in [-0.39, 0.29) is 17.8 Å². The summed E-state index contributed by atoms with van der Waals surface area (Å²) < 4.78 is 18.7. The molecule has 2 aromatic rings. The van der Waals surface area contributed by atoms with Crippen LogP contribution >= 0.6 is 11.6 Å². The molecule has 0 N–H and O–H groups in total. The number of nitrogens with zero attached hydrogens (tertiary/aromatic N) is 1. The summed E-state index contributed by atoms with van der Waals surface area (Å²) >= 11 is 5.89. The van der Waals surface area contributed by atoms with Crippen molar-refractivity contribution in [3.05, 3.63) is 70.5 Å². The highest BCUT2D eigenvalue weighted by atomic mass is 35.5. The smallest absolute Gasteiger partial charge is 0.254 e. The number of rotatable bonds is 4. The van der Waals surface area contributed by atoms with Gasteiger partial charge in [0.2, 0.25) is 0 Å². The quantitative estimate of drug-likeness (QED) is 0.863. The largest absolute Gasteiger partial charge is 0.370 e. The third-order valence-electron chi connectivity index (χ3n) is 3.58. The molecule has 1 aliphatic rings. The van der Waals surface area contributed by atoms with Gasteiger partial charge in [0, 0.05) is 23.7 Å². The first kappa shape index (κ1) is 15.0. The van der Waals surface area contributed by atoms with E-state index in [1.54, 1.807) is 35.2 Å². The van der Waals surface area contributed by atoms with Crippen molar-refractivity contribution in [2.45, 2.75) is 12.7 Å². The number of halogens is 2. The van der Waals surface area contributed by atoms with E-state index < -0.39 is 0 Å². The summed E-state index contributed by atoms with van der Waals surface area (Å²) in [7, 11) is 0. The lowest BCUT2D eigenvalue weighted by Gasteiger charge is -2.39. The summed E-state index contributed by atoms with van der Waals surface area (Å²) in [6, 6.07) is 13.2. The fraction of sp³-hybridized carbons (Fsp3) is 0.235. The van der Waals surface area contributed by atoms with Crippen LogP contribution in [0.15, 0.2) is 48.5 Å². The molecule has 1 aliphatic heterocycles. The van der Waals surface area contributed by atoms with Gasteiger partial charge in [0.05, 0.1) is 12.7 Å². The van der Waals surface area contributed by atoms with E-state index in [1.807, 2.05) is 6.07 Å². The van der Waals surface area contributed by atoms with Gasteiger partial charge in [-0.2, -0.15) is 0 Å². The maximum atomic E-state index is 13.1. The van der Waals surface area contributed by atoms with Crippen molar-refractivity contribution in [2.24, 2.45) is 0 Å². The SMILES string of the molecule is O=C(c1cccc(Cl)c1)N1CC(OCc2cccc(F)c2)C1. The standard InChI is InChI=1S/C17H15ClFNO2/c18-14-5-2-4-13(8-14)17(21)20-9-16(10-20)22-11-12-3-1-6-15(19)7-12/h1-8,16H,9-11H2. The lowest BCUT2D eigenvalue weighted by molar-refractivity contribution is -0.0503. The minimum Gasteiger partial charge on any atom is -0.370 e. The summed E-state index contributed by atoms with van der Waals surface area (Å²) in [6.45, 7) is 1.43. The van der Waals surface area contributed by atoms with E-state index in [4.69, 9.17) is 16.3 Å². The van der Waals surface area contributed by atoms with Crippen LogP contribution in [-0.2, 0) is 11.3 Å². The fourth-order valence-corrected chi connectivity index (χ4v) is 2.54. The summed E-state index contributed by atoms with van der Waals surface area (Å²) in [6.07, 6.45) is -0.00796. The summed E-state index contributed by atoms with van der Waals surface area (Å²) in [5.74, 6) is -0.319. The zero-order chi connectivity index (χ0) is 15.5. The summed E-state index contributed by atoms with van der Waals surface area (Å²) in [5, 5.41) is 0.547. The van der Waals surface area contributed by atoms with Crippen LogP contribution in [0.2, 0.25) is 5.02 Å². The van der Waals surface area contributed by atoms with Gasteiger partial charge in [0.15, 0.2) is 0 Å². The molecule has 0 aromatic heterocycles. The van der Waals surface area contributed by atoms with Crippen LogP contribution in [0.5, 0.6) is 0 Å². The van der Waals surface area contributed by atoms with Crippen LogP contribution in [0, 0.1) is 5.82 Å². The molecule has 1 saturated heterocycles. The maximum absolute atomic E-state index is 13.1. The molecule has 3 nitrogen and oxygen atoms in total. The minimum atomic E-state index is -0.271. The van der Waals surface area contributed by atoms with E-state index in [9.17, 15) is 9.18 Å². The molecule has 0 bridgehead atoms. The molecule has 0 atom stereocenters. The Hall–Kier alpha value is -1.91. The Morgan fingerprint density at radius 3 is 2.73 bits per heavy atom. The molecule has 1 fully saturated rings. The molecule has 1 amide bonds. The molecule has 22 heavy (non-hydrogen) atoms. The molecule has 114 valence electrons. The van der Waals surface area contributed by atoms with Crippen LogP contribution in [0.25, 0.3) is 0 Å². The van der Waals surface area contributed by atoms with Crippen molar-refractivity contribution < 1.29 is 13.9 Å². The topological polar surface area (TPSA) is 29.5 Å². The normalized spacial score (nSPS) is 14.7. The van der Waals surface area contributed by atoms with Gasteiger partial charge in [0.1, 0.15) is 5.82 Å². The number of ether oxygens (including phenoxy) is 1. The average Bonchev–Trinajstić information content (AvgIpc) is 2.45. The molecule has 0 aliphatic carbocycles. The van der Waals surface area contributed by atoms with Crippen LogP contribution in [0.4, 0.5) is 4.39 Å². The van der Waals surface area contributed by atoms with Gasteiger partial charge in [0.25, 0.3) is 5.91 Å². The lowest BCUT2D eigenvalue weighted by atomic mass is 10.1. The maximum Gasteiger partial charge on any atom is 0.254 e. The zero-order valence-corrected chi connectivity index (χ0v) is 12.6. The number of likely N-dealkylation sites (tertiary alicyclic amines) is 1. The molecular weight excluding hydrogens is 305 g/mol. The first-order chi connectivity index (χ1) is 10.6. The van der Waals surface area contributed by atoms with Crippen LogP contribution in [0.1, 0.15) is 15.9 Å². The van der Waals surface area contributed by atoms with E-state index in [2.05, 4.69) is 0 Å². The van der Waals surface area contributed by atoms with E-state index in [0.717, 1.165) is 5.56 Å². The van der Waals surface area contributed by atoms with Crippen LogP contribution in [-0.4, -0.2) is 30.0 Å². The van der Waals surface area contributed by atoms with E-state index in [1.165, 1.54) is 12.1 Å². The molecular formula is C17H15ClFNO2. The Morgan fingerprint density at radius 2 is 2.00 bits per heavy atom. The number of carbonyl (C=O) groups is 1. The minimum absolute atomic E-state index is 0.00796. The predicted octanol–water partition coefficient (Wildman–Crippen LogP) is 3.52. The van der Waals surface area contributed by atoms with Crippen molar-refractivity contribution in [1.82, 2.24) is 4.90 Å². The van der Waals surface area contributed by atoms with Gasteiger partial charge in [-0.25, -0.2) is 4.39 Å². The molecule has 1 heterocycles. The third kappa shape index (κ3) is 3.46. The number of hydrogen-bond acceptors (Lipinski definition) is 2. The predicted molar refractivity (Wildman–Crippen MR) is 82.3 cm³/mol. The second-order valence-electron chi connectivity index (χ2n) is 5.28. The number of carbonyl (C=O) groups excluding carboxylic acids is 1. The molecule has 3 rings (SSSR count). The average molecular weight is 320 g/mol.